The van der Waals surface area contributed by atoms with E-state index < -0.39 is 0 Å². The average Bonchev–Trinajstić information content (AvgIpc) is 2.96. The summed E-state index contributed by atoms with van der Waals surface area (Å²) in [4.78, 5) is 4.22. The second-order valence-corrected chi connectivity index (χ2v) is 5.88. The van der Waals surface area contributed by atoms with Gasteiger partial charge in [0.2, 0.25) is 5.16 Å². The Morgan fingerprint density at radius 3 is 2.84 bits per heavy atom. The van der Waals surface area contributed by atoms with Crippen molar-refractivity contribution >= 4 is 29.1 Å². The molecule has 8 heteroatoms. The van der Waals surface area contributed by atoms with E-state index in [0.29, 0.717) is 21.9 Å². The summed E-state index contributed by atoms with van der Waals surface area (Å²) in [5.74, 6) is 0. The Balaban J connectivity index is 1.85. The van der Waals surface area contributed by atoms with Crippen molar-refractivity contribution in [3.8, 4) is 0 Å². The molecule has 2 heterocycles. The number of aromatic nitrogens is 5. The van der Waals surface area contributed by atoms with Crippen molar-refractivity contribution in [2.24, 2.45) is 0 Å². The number of nitrogen functional groups attached to an aromatic ring is 1. The minimum atomic E-state index is 0.377. The predicted octanol–water partition coefficient (Wildman–Crippen LogP) is 2.57. The first-order valence-electron chi connectivity index (χ1n) is 6.11. The fraction of sp³-hybridized carbons (Fsp3) is 0.455. The Kier molecular flexibility index (Phi) is 3.56. The largest absolute Gasteiger partial charge is 0.399 e. The lowest BCUT2D eigenvalue weighted by Gasteiger charge is -2.10. The SMILES string of the molecule is Nc1cc(Cl)nc(Sc2nnnn2C2CCCC2)c1. The highest BCUT2D eigenvalue weighted by atomic mass is 35.5. The summed E-state index contributed by atoms with van der Waals surface area (Å²) in [6.07, 6.45) is 4.72. The van der Waals surface area contributed by atoms with Crippen LogP contribution in [0.15, 0.2) is 22.3 Å². The van der Waals surface area contributed by atoms with Crippen molar-refractivity contribution < 1.29 is 0 Å². The first kappa shape index (κ1) is 12.7. The van der Waals surface area contributed by atoms with Crippen LogP contribution < -0.4 is 5.73 Å². The molecule has 0 unspecified atom stereocenters. The van der Waals surface area contributed by atoms with Gasteiger partial charge in [0.15, 0.2) is 0 Å². The molecule has 0 atom stereocenters. The van der Waals surface area contributed by atoms with E-state index in [1.807, 2.05) is 4.68 Å². The van der Waals surface area contributed by atoms with Crippen molar-refractivity contribution in [2.75, 3.05) is 5.73 Å². The topological polar surface area (TPSA) is 82.5 Å². The van der Waals surface area contributed by atoms with Gasteiger partial charge < -0.3 is 5.73 Å². The van der Waals surface area contributed by atoms with Crippen molar-refractivity contribution in [3.05, 3.63) is 17.3 Å². The number of hydrogen-bond acceptors (Lipinski definition) is 6. The molecule has 100 valence electrons. The Bertz CT molecular complexity index is 560. The molecule has 3 rings (SSSR count). The van der Waals surface area contributed by atoms with Crippen molar-refractivity contribution in [1.82, 2.24) is 25.2 Å². The van der Waals surface area contributed by atoms with Crippen LogP contribution in [0.3, 0.4) is 0 Å². The number of nitrogens with two attached hydrogens (primary N) is 1. The molecule has 1 aliphatic rings. The van der Waals surface area contributed by atoms with E-state index in [1.165, 1.54) is 24.6 Å². The van der Waals surface area contributed by atoms with E-state index >= 15 is 0 Å². The van der Waals surface area contributed by atoms with Crippen LogP contribution >= 0.6 is 23.4 Å². The van der Waals surface area contributed by atoms with Crippen molar-refractivity contribution in [3.63, 3.8) is 0 Å². The Hall–Kier alpha value is -1.34. The number of anilines is 1. The molecule has 2 aromatic rings. The first-order chi connectivity index (χ1) is 9.22. The van der Waals surface area contributed by atoms with E-state index in [4.69, 9.17) is 17.3 Å². The third-order valence-corrected chi connectivity index (χ3v) is 4.19. The summed E-state index contributed by atoms with van der Waals surface area (Å²) < 4.78 is 1.89. The fourth-order valence-corrected chi connectivity index (χ4v) is 3.42. The van der Waals surface area contributed by atoms with Gasteiger partial charge in [0.05, 0.1) is 6.04 Å². The monoisotopic (exact) mass is 296 g/mol. The molecule has 1 saturated carbocycles. The molecule has 0 amide bonds. The molecular weight excluding hydrogens is 284 g/mol. The molecule has 0 saturated heterocycles. The maximum absolute atomic E-state index is 5.89. The van der Waals surface area contributed by atoms with Gasteiger partial charge in [-0.2, -0.15) is 0 Å². The molecule has 2 N–H and O–H groups in total. The quantitative estimate of drug-likeness (QED) is 0.877. The lowest BCUT2D eigenvalue weighted by Crippen LogP contribution is -2.08. The van der Waals surface area contributed by atoms with E-state index in [2.05, 4.69) is 20.5 Å². The maximum Gasteiger partial charge on any atom is 0.215 e. The highest BCUT2D eigenvalue weighted by molar-refractivity contribution is 7.99. The summed E-state index contributed by atoms with van der Waals surface area (Å²) in [7, 11) is 0. The van der Waals surface area contributed by atoms with Gasteiger partial charge in [-0.1, -0.05) is 24.4 Å². The van der Waals surface area contributed by atoms with Gasteiger partial charge in [-0.15, -0.1) is 5.10 Å². The van der Waals surface area contributed by atoms with Gasteiger partial charge >= 0.3 is 0 Å². The molecule has 0 bridgehead atoms. The number of hydrogen-bond donors (Lipinski definition) is 1. The second-order valence-electron chi connectivity index (χ2n) is 4.51. The zero-order valence-corrected chi connectivity index (χ0v) is 11.7. The normalized spacial score (nSPS) is 16.1. The van der Waals surface area contributed by atoms with Gasteiger partial charge in [0.25, 0.3) is 0 Å². The highest BCUT2D eigenvalue weighted by Gasteiger charge is 2.22. The van der Waals surface area contributed by atoms with Crippen LogP contribution in [0.1, 0.15) is 31.7 Å². The molecule has 0 radical (unpaired) electrons. The smallest absolute Gasteiger partial charge is 0.215 e. The number of nitrogens with zero attached hydrogens (tertiary/aromatic N) is 5. The molecule has 1 fully saturated rings. The van der Waals surface area contributed by atoms with E-state index in [1.54, 1.807) is 12.1 Å². The summed E-state index contributed by atoms with van der Waals surface area (Å²) in [6.45, 7) is 0. The Labute approximate surface area is 119 Å². The second kappa shape index (κ2) is 5.34. The summed E-state index contributed by atoms with van der Waals surface area (Å²) >= 11 is 7.28. The van der Waals surface area contributed by atoms with Gasteiger partial charge in [-0.05, 0) is 47.2 Å². The summed E-state index contributed by atoms with van der Waals surface area (Å²) in [5, 5.41) is 13.7. The van der Waals surface area contributed by atoms with E-state index in [0.717, 1.165) is 18.0 Å². The van der Waals surface area contributed by atoms with Crippen molar-refractivity contribution in [2.45, 2.75) is 41.9 Å². The van der Waals surface area contributed by atoms with Crippen LogP contribution in [-0.2, 0) is 0 Å². The minimum absolute atomic E-state index is 0.377. The molecule has 0 aliphatic heterocycles. The zero-order valence-electron chi connectivity index (χ0n) is 10.2. The number of rotatable bonds is 3. The molecule has 1 aliphatic carbocycles. The molecule has 19 heavy (non-hydrogen) atoms. The minimum Gasteiger partial charge on any atom is -0.399 e. The average molecular weight is 297 g/mol. The van der Waals surface area contributed by atoms with Crippen LogP contribution in [0.4, 0.5) is 5.69 Å². The van der Waals surface area contributed by atoms with Crippen LogP contribution in [0, 0.1) is 0 Å². The van der Waals surface area contributed by atoms with Crippen LogP contribution in [0.2, 0.25) is 5.15 Å². The van der Waals surface area contributed by atoms with Crippen LogP contribution in [0.5, 0.6) is 0 Å². The Morgan fingerprint density at radius 1 is 1.32 bits per heavy atom. The lowest BCUT2D eigenvalue weighted by atomic mass is 10.3. The molecule has 6 nitrogen and oxygen atoms in total. The van der Waals surface area contributed by atoms with E-state index in [9.17, 15) is 0 Å². The molecular formula is C11H13ClN6S. The maximum atomic E-state index is 5.89. The number of pyridine rings is 1. The number of halogens is 1. The van der Waals surface area contributed by atoms with Crippen LogP contribution in [0.25, 0.3) is 0 Å². The fourth-order valence-electron chi connectivity index (χ4n) is 2.27. The molecule has 0 aromatic carbocycles. The summed E-state index contributed by atoms with van der Waals surface area (Å²) in [5.41, 5.74) is 6.34. The van der Waals surface area contributed by atoms with Gasteiger partial charge in [-0.3, -0.25) is 0 Å². The van der Waals surface area contributed by atoms with E-state index in [-0.39, 0.29) is 0 Å². The summed E-state index contributed by atoms with van der Waals surface area (Å²) in [6, 6.07) is 3.78. The van der Waals surface area contributed by atoms with Gasteiger partial charge in [-0.25, -0.2) is 9.67 Å². The number of tetrazole rings is 1. The van der Waals surface area contributed by atoms with Gasteiger partial charge in [0, 0.05) is 5.69 Å². The van der Waals surface area contributed by atoms with Gasteiger partial charge in [0.1, 0.15) is 10.2 Å². The third kappa shape index (κ3) is 2.82. The molecule has 2 aromatic heterocycles. The predicted molar refractivity (Wildman–Crippen MR) is 73.1 cm³/mol. The standard InChI is InChI=1S/C11H13ClN6S/c12-9-5-7(13)6-10(14-9)19-11-15-16-17-18(11)8-3-1-2-4-8/h5-6,8H,1-4H2,(H2,13,14). The lowest BCUT2D eigenvalue weighted by molar-refractivity contribution is 0.423. The Morgan fingerprint density at radius 2 is 2.11 bits per heavy atom. The first-order valence-corrected chi connectivity index (χ1v) is 7.30. The highest BCUT2D eigenvalue weighted by Crippen LogP contribution is 2.33. The zero-order chi connectivity index (χ0) is 13.2. The van der Waals surface area contributed by atoms with Crippen molar-refractivity contribution in [1.29, 1.82) is 0 Å². The molecule has 0 spiro atoms. The third-order valence-electron chi connectivity index (χ3n) is 3.12. The van der Waals surface area contributed by atoms with Crippen LogP contribution in [-0.4, -0.2) is 25.2 Å².